The van der Waals surface area contributed by atoms with E-state index in [1.54, 1.807) is 14.0 Å². The highest BCUT2D eigenvalue weighted by Crippen LogP contribution is 2.17. The summed E-state index contributed by atoms with van der Waals surface area (Å²) in [6, 6.07) is 0. The van der Waals surface area contributed by atoms with Gasteiger partial charge in [0.15, 0.2) is 5.96 Å². The predicted octanol–water partition coefficient (Wildman–Crippen LogP) is 1.17. The third-order valence-electron chi connectivity index (χ3n) is 4.86. The number of hydrogen-bond acceptors (Lipinski definition) is 5. The Kier molecular flexibility index (Phi) is 12.1. The lowest BCUT2D eigenvalue weighted by atomic mass is 10.1. The van der Waals surface area contributed by atoms with Crippen LogP contribution in [0.15, 0.2) is 4.99 Å². The molecule has 2 aliphatic rings. The minimum atomic E-state index is -3.14. The van der Waals surface area contributed by atoms with Gasteiger partial charge in [-0.3, -0.25) is 4.99 Å². The van der Waals surface area contributed by atoms with Crippen LogP contribution in [0.2, 0.25) is 0 Å². The number of nitrogens with one attached hydrogen (secondary N) is 2. The maximum atomic E-state index is 11.4. The molecular weight excluding hydrogens is 483 g/mol. The van der Waals surface area contributed by atoms with Crippen LogP contribution in [-0.2, 0) is 19.5 Å². The topological polar surface area (TPSA) is 92.3 Å². The van der Waals surface area contributed by atoms with Gasteiger partial charge in [0.2, 0.25) is 10.0 Å². The van der Waals surface area contributed by atoms with Gasteiger partial charge in [-0.15, -0.1) is 24.0 Å². The van der Waals surface area contributed by atoms with Crippen molar-refractivity contribution in [2.24, 2.45) is 4.99 Å². The average Bonchev–Trinajstić information content (AvgIpc) is 2.68. The molecule has 0 aromatic carbocycles. The number of nitrogens with zero attached hydrogens (tertiary/aromatic N) is 2. The second-order valence-electron chi connectivity index (χ2n) is 6.78. The Hall–Kier alpha value is -0.170. The molecule has 0 saturated carbocycles. The molecule has 2 aliphatic heterocycles. The van der Waals surface area contributed by atoms with Gasteiger partial charge in [-0.05, 0) is 39.0 Å². The van der Waals surface area contributed by atoms with Crippen molar-refractivity contribution in [3.8, 4) is 0 Å². The fourth-order valence-corrected chi connectivity index (χ4v) is 3.85. The van der Waals surface area contributed by atoms with Gasteiger partial charge in [-0.1, -0.05) is 0 Å². The highest BCUT2D eigenvalue weighted by Gasteiger charge is 2.23. The van der Waals surface area contributed by atoms with Crippen molar-refractivity contribution in [1.29, 1.82) is 0 Å². The van der Waals surface area contributed by atoms with E-state index in [1.165, 1.54) is 12.8 Å². The van der Waals surface area contributed by atoms with Gasteiger partial charge in [-0.25, -0.2) is 13.1 Å². The molecule has 2 rings (SSSR count). The van der Waals surface area contributed by atoms with Crippen molar-refractivity contribution >= 4 is 40.0 Å². The quantitative estimate of drug-likeness (QED) is 0.217. The first-order chi connectivity index (χ1) is 12.5. The van der Waals surface area contributed by atoms with E-state index in [-0.39, 0.29) is 41.9 Å². The fraction of sp³-hybridized carbons (Fsp3) is 0.941. The third-order valence-corrected chi connectivity index (χ3v) is 6.26. The molecule has 0 aliphatic carbocycles. The summed E-state index contributed by atoms with van der Waals surface area (Å²) in [6.45, 7) is 5.84. The molecular formula is C17H35IN4O4S. The molecule has 2 heterocycles. The van der Waals surface area contributed by atoms with Crippen LogP contribution in [0.4, 0.5) is 0 Å². The molecule has 0 spiro atoms. The summed E-state index contributed by atoms with van der Waals surface area (Å²) in [6.07, 6.45) is 6.00. The van der Waals surface area contributed by atoms with Crippen molar-refractivity contribution in [2.75, 3.05) is 52.2 Å². The van der Waals surface area contributed by atoms with Crippen LogP contribution in [0.1, 0.15) is 39.0 Å². The highest BCUT2D eigenvalue weighted by atomic mass is 127. The normalized spacial score (nSPS) is 22.4. The van der Waals surface area contributed by atoms with Crippen molar-refractivity contribution in [2.45, 2.75) is 51.2 Å². The molecule has 0 aromatic heterocycles. The summed E-state index contributed by atoms with van der Waals surface area (Å²) in [5, 5.41) is 3.22. The summed E-state index contributed by atoms with van der Waals surface area (Å²) in [5.41, 5.74) is 0. The van der Waals surface area contributed by atoms with Gasteiger partial charge in [0.25, 0.3) is 0 Å². The van der Waals surface area contributed by atoms with Gasteiger partial charge in [-0.2, -0.15) is 0 Å². The molecule has 1 unspecified atom stereocenters. The lowest BCUT2D eigenvalue weighted by Crippen LogP contribution is -2.48. The maximum absolute atomic E-state index is 11.4. The fourth-order valence-electron chi connectivity index (χ4n) is 3.23. The van der Waals surface area contributed by atoms with Crippen LogP contribution >= 0.6 is 24.0 Å². The van der Waals surface area contributed by atoms with E-state index in [0.29, 0.717) is 19.7 Å². The summed E-state index contributed by atoms with van der Waals surface area (Å²) in [5.74, 6) is 0.913. The second kappa shape index (κ2) is 13.1. The third kappa shape index (κ3) is 9.25. The smallest absolute Gasteiger partial charge is 0.211 e. The van der Waals surface area contributed by atoms with Gasteiger partial charge in [0.05, 0.1) is 24.6 Å². The first kappa shape index (κ1) is 24.9. The lowest BCUT2D eigenvalue weighted by molar-refractivity contribution is -0.0721. The standard InChI is InChI=1S/C17H34N4O4S.HI/c1-3-26(22,23)20-10-9-19-17(18-2)21-11-7-15(8-12-21)25-14-16-6-4-5-13-24-16;/h15-16,20H,3-14H2,1-2H3,(H,18,19);1H. The Balaban J connectivity index is 0.00000364. The zero-order chi connectivity index (χ0) is 18.8. The van der Waals surface area contributed by atoms with E-state index in [1.807, 2.05) is 0 Å². The van der Waals surface area contributed by atoms with Gasteiger partial charge < -0.3 is 19.7 Å². The lowest BCUT2D eigenvalue weighted by Gasteiger charge is -2.35. The van der Waals surface area contributed by atoms with E-state index in [2.05, 4.69) is 19.9 Å². The molecule has 1 atom stereocenters. The highest BCUT2D eigenvalue weighted by molar-refractivity contribution is 14.0. The monoisotopic (exact) mass is 518 g/mol. The van der Waals surface area contributed by atoms with Gasteiger partial charge >= 0.3 is 0 Å². The second-order valence-corrected chi connectivity index (χ2v) is 8.88. The Labute approximate surface area is 180 Å². The average molecular weight is 518 g/mol. The van der Waals surface area contributed by atoms with E-state index >= 15 is 0 Å². The number of halogens is 1. The molecule has 2 N–H and O–H groups in total. The first-order valence-corrected chi connectivity index (χ1v) is 11.4. The SMILES string of the molecule is CCS(=O)(=O)NCCNC(=NC)N1CCC(OCC2CCCCO2)CC1.I. The summed E-state index contributed by atoms with van der Waals surface area (Å²) >= 11 is 0. The van der Waals surface area contributed by atoms with Crippen LogP contribution in [-0.4, -0.2) is 83.7 Å². The van der Waals surface area contributed by atoms with Gasteiger partial charge in [0, 0.05) is 39.8 Å². The van der Waals surface area contributed by atoms with Crippen LogP contribution < -0.4 is 10.0 Å². The predicted molar refractivity (Wildman–Crippen MR) is 118 cm³/mol. The number of guanidine groups is 1. The van der Waals surface area contributed by atoms with E-state index in [4.69, 9.17) is 9.47 Å². The molecule has 10 heteroatoms. The first-order valence-electron chi connectivity index (χ1n) is 9.70. The molecule has 2 saturated heterocycles. The molecule has 0 radical (unpaired) electrons. The molecule has 0 bridgehead atoms. The molecule has 0 aromatic rings. The summed E-state index contributed by atoms with van der Waals surface area (Å²) in [4.78, 5) is 6.50. The van der Waals surface area contributed by atoms with E-state index in [9.17, 15) is 8.42 Å². The minimum Gasteiger partial charge on any atom is -0.376 e. The number of rotatable bonds is 8. The Morgan fingerprint density at radius 1 is 1.22 bits per heavy atom. The van der Waals surface area contributed by atoms with Crippen molar-refractivity contribution in [1.82, 2.24) is 14.9 Å². The summed E-state index contributed by atoms with van der Waals surface area (Å²) < 4.78 is 37.2. The Morgan fingerprint density at radius 3 is 2.56 bits per heavy atom. The molecule has 160 valence electrons. The number of aliphatic imine (C=N–C) groups is 1. The van der Waals surface area contributed by atoms with Crippen molar-refractivity contribution in [3.05, 3.63) is 0 Å². The molecule has 0 amide bonds. The molecule has 8 nitrogen and oxygen atoms in total. The van der Waals surface area contributed by atoms with Crippen LogP contribution in [0.3, 0.4) is 0 Å². The number of piperidine rings is 1. The van der Waals surface area contributed by atoms with Crippen molar-refractivity contribution < 1.29 is 17.9 Å². The number of ether oxygens (including phenoxy) is 2. The van der Waals surface area contributed by atoms with E-state index < -0.39 is 10.0 Å². The zero-order valence-corrected chi connectivity index (χ0v) is 19.6. The van der Waals surface area contributed by atoms with Crippen molar-refractivity contribution in [3.63, 3.8) is 0 Å². The van der Waals surface area contributed by atoms with Crippen LogP contribution in [0, 0.1) is 0 Å². The van der Waals surface area contributed by atoms with Crippen LogP contribution in [0.5, 0.6) is 0 Å². The Bertz CT molecular complexity index is 533. The largest absolute Gasteiger partial charge is 0.376 e. The Morgan fingerprint density at radius 2 is 1.96 bits per heavy atom. The maximum Gasteiger partial charge on any atom is 0.211 e. The van der Waals surface area contributed by atoms with E-state index in [0.717, 1.165) is 44.9 Å². The number of hydrogen-bond donors (Lipinski definition) is 2. The number of likely N-dealkylation sites (tertiary alicyclic amines) is 1. The van der Waals surface area contributed by atoms with Gasteiger partial charge in [0.1, 0.15) is 0 Å². The summed E-state index contributed by atoms with van der Waals surface area (Å²) in [7, 11) is -1.39. The number of sulfonamides is 1. The molecule has 27 heavy (non-hydrogen) atoms. The zero-order valence-electron chi connectivity index (χ0n) is 16.5. The molecule has 2 fully saturated rings. The van der Waals surface area contributed by atoms with Crippen LogP contribution in [0.25, 0.3) is 0 Å². The minimum absolute atomic E-state index is 0.